The van der Waals surface area contributed by atoms with Crippen molar-refractivity contribution in [1.82, 2.24) is 9.80 Å². The highest BCUT2D eigenvalue weighted by molar-refractivity contribution is 5.46. The first kappa shape index (κ1) is 22.1. The van der Waals surface area contributed by atoms with Gasteiger partial charge in [-0.3, -0.25) is 9.80 Å². The number of morpholine rings is 1. The van der Waals surface area contributed by atoms with Crippen LogP contribution < -0.4 is 5.32 Å². The number of hydrogen-bond acceptors (Lipinski definition) is 5. The molecule has 1 atom stereocenters. The minimum absolute atomic E-state index is 0.731. The van der Waals surface area contributed by atoms with Crippen LogP contribution in [0.15, 0.2) is 72.8 Å². The van der Waals surface area contributed by atoms with Crippen molar-refractivity contribution in [3.05, 3.63) is 101 Å². The van der Waals surface area contributed by atoms with Gasteiger partial charge in [0.25, 0.3) is 0 Å². The van der Waals surface area contributed by atoms with Crippen molar-refractivity contribution in [2.24, 2.45) is 0 Å². The summed E-state index contributed by atoms with van der Waals surface area (Å²) in [5.74, 6) is 0. The Balaban J connectivity index is 1.13. The lowest BCUT2D eigenvalue weighted by atomic mass is 9.99. The van der Waals surface area contributed by atoms with Crippen LogP contribution in [0.3, 0.4) is 0 Å². The van der Waals surface area contributed by atoms with E-state index in [0.29, 0.717) is 0 Å². The summed E-state index contributed by atoms with van der Waals surface area (Å²) >= 11 is 0. The Labute approximate surface area is 196 Å². The molecule has 5 heteroatoms. The number of hydrogen-bond donors (Lipinski definition) is 2. The lowest BCUT2D eigenvalue weighted by Crippen LogP contribution is -2.35. The number of ether oxygens (including phenoxy) is 1. The molecule has 0 bridgehead atoms. The second-order valence-corrected chi connectivity index (χ2v) is 9.10. The number of aliphatic hydroxyl groups is 1. The molecule has 0 saturated carbocycles. The van der Waals surface area contributed by atoms with Crippen molar-refractivity contribution >= 4 is 5.69 Å². The Morgan fingerprint density at radius 3 is 2.12 bits per heavy atom. The maximum Gasteiger partial charge on any atom is 0.150 e. The number of aliphatic hydroxyl groups excluding tert-OH is 1. The van der Waals surface area contributed by atoms with E-state index in [-0.39, 0.29) is 0 Å². The molecule has 0 spiro atoms. The van der Waals surface area contributed by atoms with E-state index >= 15 is 0 Å². The molecule has 5 nitrogen and oxygen atoms in total. The number of anilines is 1. The summed E-state index contributed by atoms with van der Waals surface area (Å²) in [7, 11) is 0. The number of nitrogens with one attached hydrogen (secondary N) is 1. The summed E-state index contributed by atoms with van der Waals surface area (Å²) in [6, 6.07) is 25.4. The van der Waals surface area contributed by atoms with Crippen LogP contribution in [0, 0.1) is 0 Å². The largest absolute Gasteiger partial charge is 0.379 e. The summed E-state index contributed by atoms with van der Waals surface area (Å²) in [6.07, 6.45) is 0.383. The minimum Gasteiger partial charge on any atom is -0.379 e. The topological polar surface area (TPSA) is 48.0 Å². The molecule has 0 amide bonds. The molecule has 2 N–H and O–H groups in total. The van der Waals surface area contributed by atoms with Gasteiger partial charge in [0.05, 0.1) is 13.2 Å². The number of benzene rings is 3. The van der Waals surface area contributed by atoms with Crippen LogP contribution >= 0.6 is 0 Å². The van der Waals surface area contributed by atoms with E-state index in [9.17, 15) is 5.11 Å². The van der Waals surface area contributed by atoms with Crippen molar-refractivity contribution in [3.8, 4) is 0 Å². The molecule has 2 heterocycles. The molecule has 1 fully saturated rings. The van der Waals surface area contributed by atoms with Gasteiger partial charge in [-0.15, -0.1) is 0 Å². The molecular formula is C28H33N3O2. The summed E-state index contributed by atoms with van der Waals surface area (Å²) in [5.41, 5.74) is 7.27. The fourth-order valence-corrected chi connectivity index (χ4v) is 4.72. The first-order chi connectivity index (χ1) is 16.2. The Morgan fingerprint density at radius 2 is 1.39 bits per heavy atom. The van der Waals surface area contributed by atoms with E-state index in [2.05, 4.69) is 63.6 Å². The van der Waals surface area contributed by atoms with E-state index in [1.807, 2.05) is 24.3 Å². The molecule has 5 rings (SSSR count). The van der Waals surface area contributed by atoms with E-state index in [1.165, 1.54) is 22.3 Å². The quantitative estimate of drug-likeness (QED) is 0.537. The van der Waals surface area contributed by atoms with Gasteiger partial charge in [0.15, 0.2) is 6.23 Å². The standard InChI is InChI=1S/C28H33N3O2/c32-28(29-27-11-7-23(8-12-27)19-30-15-17-33-18-16-30)25-9-5-22(6-10-25)20-31-14-13-24-3-1-2-4-26(24)21-31/h1-12,28-29,32H,13-21H2. The van der Waals surface area contributed by atoms with Gasteiger partial charge in [-0.25, -0.2) is 0 Å². The third kappa shape index (κ3) is 5.81. The van der Waals surface area contributed by atoms with Gasteiger partial charge in [-0.2, -0.15) is 0 Å². The maximum atomic E-state index is 10.7. The average molecular weight is 444 g/mol. The van der Waals surface area contributed by atoms with E-state index in [1.54, 1.807) is 0 Å². The second kappa shape index (κ2) is 10.5. The van der Waals surface area contributed by atoms with Crippen molar-refractivity contribution < 1.29 is 9.84 Å². The monoisotopic (exact) mass is 443 g/mol. The molecule has 1 unspecified atom stereocenters. The normalized spacial score (nSPS) is 18.0. The fraction of sp³-hybridized carbons (Fsp3) is 0.357. The third-order valence-corrected chi connectivity index (χ3v) is 6.68. The Morgan fingerprint density at radius 1 is 0.758 bits per heavy atom. The zero-order chi connectivity index (χ0) is 22.5. The molecule has 2 aliphatic rings. The minimum atomic E-state index is -0.731. The molecule has 3 aromatic carbocycles. The van der Waals surface area contributed by atoms with Crippen molar-refractivity contribution in [2.75, 3.05) is 38.2 Å². The van der Waals surface area contributed by atoms with Crippen LogP contribution in [-0.2, 0) is 30.8 Å². The molecule has 0 aromatic heterocycles. The lowest BCUT2D eigenvalue weighted by molar-refractivity contribution is 0.0342. The predicted octanol–water partition coefficient (Wildman–Crippen LogP) is 4.18. The van der Waals surface area contributed by atoms with Crippen LogP contribution in [0.2, 0.25) is 0 Å². The second-order valence-electron chi connectivity index (χ2n) is 9.10. The van der Waals surface area contributed by atoms with E-state index < -0.39 is 6.23 Å². The van der Waals surface area contributed by atoms with E-state index in [4.69, 9.17) is 4.74 Å². The van der Waals surface area contributed by atoms with E-state index in [0.717, 1.165) is 70.2 Å². The summed E-state index contributed by atoms with van der Waals surface area (Å²) in [4.78, 5) is 4.90. The predicted molar refractivity (Wildman–Crippen MR) is 132 cm³/mol. The van der Waals surface area contributed by atoms with Gasteiger partial charge in [0.2, 0.25) is 0 Å². The van der Waals surface area contributed by atoms with Gasteiger partial charge in [-0.1, -0.05) is 60.7 Å². The first-order valence-electron chi connectivity index (χ1n) is 11.9. The highest BCUT2D eigenvalue weighted by Gasteiger charge is 2.16. The summed E-state index contributed by atoms with van der Waals surface area (Å²) < 4.78 is 5.42. The van der Waals surface area contributed by atoms with Crippen molar-refractivity contribution in [1.29, 1.82) is 0 Å². The average Bonchev–Trinajstić information content (AvgIpc) is 2.86. The van der Waals surface area contributed by atoms with Gasteiger partial charge < -0.3 is 15.2 Å². The van der Waals surface area contributed by atoms with Crippen LogP contribution in [0.5, 0.6) is 0 Å². The number of rotatable bonds is 7. The summed E-state index contributed by atoms with van der Waals surface area (Å²) in [6.45, 7) is 7.57. The van der Waals surface area contributed by atoms with Gasteiger partial charge in [0.1, 0.15) is 0 Å². The zero-order valence-corrected chi connectivity index (χ0v) is 19.1. The number of fused-ring (bicyclic) bond motifs is 1. The molecule has 0 aliphatic carbocycles. The van der Waals surface area contributed by atoms with Gasteiger partial charge in [0, 0.05) is 50.5 Å². The molecule has 33 heavy (non-hydrogen) atoms. The molecular weight excluding hydrogens is 410 g/mol. The van der Waals surface area contributed by atoms with Crippen LogP contribution in [0.25, 0.3) is 0 Å². The van der Waals surface area contributed by atoms with Crippen LogP contribution in [-0.4, -0.2) is 47.8 Å². The van der Waals surface area contributed by atoms with Crippen molar-refractivity contribution in [2.45, 2.75) is 32.3 Å². The SMILES string of the molecule is OC(Nc1ccc(CN2CCOCC2)cc1)c1ccc(CN2CCc3ccccc3C2)cc1. The van der Waals surface area contributed by atoms with Gasteiger partial charge in [-0.05, 0) is 40.8 Å². The van der Waals surface area contributed by atoms with Crippen LogP contribution in [0.4, 0.5) is 5.69 Å². The zero-order valence-electron chi connectivity index (χ0n) is 19.1. The van der Waals surface area contributed by atoms with Crippen LogP contribution in [0.1, 0.15) is 34.0 Å². The Hall–Kier alpha value is -2.70. The number of nitrogens with zero attached hydrogens (tertiary/aromatic N) is 2. The molecule has 2 aliphatic heterocycles. The smallest absolute Gasteiger partial charge is 0.150 e. The third-order valence-electron chi connectivity index (χ3n) is 6.68. The van der Waals surface area contributed by atoms with Gasteiger partial charge >= 0.3 is 0 Å². The lowest BCUT2D eigenvalue weighted by Gasteiger charge is -2.28. The molecule has 1 saturated heterocycles. The Bertz CT molecular complexity index is 1030. The van der Waals surface area contributed by atoms with Crippen molar-refractivity contribution in [3.63, 3.8) is 0 Å². The molecule has 172 valence electrons. The maximum absolute atomic E-state index is 10.7. The highest BCUT2D eigenvalue weighted by Crippen LogP contribution is 2.22. The highest BCUT2D eigenvalue weighted by atomic mass is 16.5. The fourth-order valence-electron chi connectivity index (χ4n) is 4.72. The summed E-state index contributed by atoms with van der Waals surface area (Å²) in [5, 5.41) is 13.9. The Kier molecular flexibility index (Phi) is 7.03. The first-order valence-corrected chi connectivity index (χ1v) is 11.9. The molecule has 3 aromatic rings. The molecule has 0 radical (unpaired) electrons.